The molecule has 1 atom stereocenters. The van der Waals surface area contributed by atoms with Crippen LogP contribution in [0.5, 0.6) is 0 Å². The molecule has 3 rings (SSSR count). The topological polar surface area (TPSA) is 159 Å². The van der Waals surface area contributed by atoms with Gasteiger partial charge in [-0.15, -0.1) is 0 Å². The van der Waals surface area contributed by atoms with Crippen molar-refractivity contribution in [3.8, 4) is 0 Å². The van der Waals surface area contributed by atoms with Crippen molar-refractivity contribution in [1.29, 1.82) is 0 Å². The third kappa shape index (κ3) is 15.1. The molecule has 0 saturated heterocycles. The molecule has 2 N–H and O–H groups in total. The number of amides is 2. The molecule has 54 heavy (non-hydrogen) atoms. The SMILES string of the molecule is CCC(CC(=O)OCc1oc(=O)oc1COP(=O)(OC(C)(C)C)OC(C)(C)C)c1ccc(N(CC(C)C)CC(C)C)c(NC(=O)Nc2ccc(C)cc2)c1. The molecule has 3 aromatic rings. The maximum atomic E-state index is 13.5. The molecular formula is C40H60N3O10P. The van der Waals surface area contributed by atoms with Gasteiger partial charge >= 0.3 is 25.6 Å². The van der Waals surface area contributed by atoms with Crippen LogP contribution in [-0.4, -0.2) is 36.3 Å². The van der Waals surface area contributed by atoms with Gasteiger partial charge in [0, 0.05) is 18.8 Å². The van der Waals surface area contributed by atoms with Gasteiger partial charge in [-0.1, -0.05) is 58.4 Å². The fourth-order valence-electron chi connectivity index (χ4n) is 5.60. The normalized spacial score (nSPS) is 12.9. The van der Waals surface area contributed by atoms with E-state index in [1.54, 1.807) is 41.5 Å². The Morgan fingerprint density at radius 3 is 1.91 bits per heavy atom. The molecule has 0 aliphatic heterocycles. The number of rotatable bonds is 18. The number of carbonyl (C=O) groups is 2. The highest BCUT2D eigenvalue weighted by Crippen LogP contribution is 2.56. The van der Waals surface area contributed by atoms with Crippen LogP contribution in [0, 0.1) is 18.8 Å². The Balaban J connectivity index is 1.80. The summed E-state index contributed by atoms with van der Waals surface area (Å²) in [6, 6.07) is 13.1. The number of phosphoric ester groups is 1. The molecule has 0 bridgehead atoms. The van der Waals surface area contributed by atoms with Gasteiger partial charge in [-0.3, -0.25) is 18.4 Å². The highest BCUT2D eigenvalue weighted by Gasteiger charge is 2.38. The van der Waals surface area contributed by atoms with Crippen molar-refractivity contribution in [2.45, 2.75) is 126 Å². The smallest absolute Gasteiger partial charge is 0.457 e. The molecular weight excluding hydrogens is 713 g/mol. The lowest BCUT2D eigenvalue weighted by Crippen LogP contribution is -2.32. The van der Waals surface area contributed by atoms with Crippen LogP contribution in [0.15, 0.2) is 56.1 Å². The van der Waals surface area contributed by atoms with E-state index in [0.717, 1.165) is 29.9 Å². The first kappa shape index (κ1) is 44.5. The van der Waals surface area contributed by atoms with Crippen LogP contribution in [0.1, 0.15) is 118 Å². The number of nitrogens with zero attached hydrogens (tertiary/aromatic N) is 1. The van der Waals surface area contributed by atoms with Crippen LogP contribution in [-0.2, 0) is 40.9 Å². The Morgan fingerprint density at radius 1 is 0.833 bits per heavy atom. The van der Waals surface area contributed by atoms with E-state index in [9.17, 15) is 18.9 Å². The lowest BCUT2D eigenvalue weighted by molar-refractivity contribution is -0.146. The Bertz CT molecular complexity index is 1750. The van der Waals surface area contributed by atoms with E-state index in [1.807, 2.05) is 56.3 Å². The van der Waals surface area contributed by atoms with Gasteiger partial charge in [-0.2, -0.15) is 0 Å². The maximum absolute atomic E-state index is 13.5. The Morgan fingerprint density at radius 2 is 1.39 bits per heavy atom. The van der Waals surface area contributed by atoms with E-state index in [0.29, 0.717) is 29.6 Å². The highest BCUT2D eigenvalue weighted by atomic mass is 31.2. The van der Waals surface area contributed by atoms with Crippen LogP contribution >= 0.6 is 7.82 Å². The van der Waals surface area contributed by atoms with E-state index in [4.69, 9.17) is 27.1 Å². The second kappa shape index (κ2) is 19.1. The summed E-state index contributed by atoms with van der Waals surface area (Å²) in [5.74, 6) is -1.30. The number of carbonyl (C=O) groups excluding carboxylic acids is 2. The summed E-state index contributed by atoms with van der Waals surface area (Å²) >= 11 is 0. The number of phosphoric acid groups is 1. The van der Waals surface area contributed by atoms with Gasteiger partial charge in [0.15, 0.2) is 18.1 Å². The predicted octanol–water partition coefficient (Wildman–Crippen LogP) is 10.2. The van der Waals surface area contributed by atoms with Gasteiger partial charge in [0.1, 0.15) is 6.61 Å². The number of ether oxygens (including phenoxy) is 1. The van der Waals surface area contributed by atoms with Gasteiger partial charge in [-0.25, -0.2) is 14.2 Å². The maximum Gasteiger partial charge on any atom is 0.519 e. The molecule has 2 amide bonds. The molecule has 0 spiro atoms. The van der Waals surface area contributed by atoms with Crippen molar-refractivity contribution >= 4 is 36.9 Å². The number of esters is 1. The quantitative estimate of drug-likeness (QED) is 0.0936. The molecule has 300 valence electrons. The minimum atomic E-state index is -4.14. The largest absolute Gasteiger partial charge is 0.519 e. The summed E-state index contributed by atoms with van der Waals surface area (Å²) in [5, 5.41) is 5.98. The van der Waals surface area contributed by atoms with Crippen LogP contribution in [0.4, 0.5) is 21.9 Å². The molecule has 0 fully saturated rings. The molecule has 13 nitrogen and oxygen atoms in total. The van der Waals surface area contributed by atoms with E-state index < -0.39 is 44.0 Å². The number of hydrogen-bond donors (Lipinski definition) is 2. The fraction of sp³-hybridized carbons (Fsp3) is 0.575. The summed E-state index contributed by atoms with van der Waals surface area (Å²) < 4.78 is 46.1. The Kier molecular flexibility index (Phi) is 15.7. The zero-order valence-corrected chi connectivity index (χ0v) is 34.9. The minimum Gasteiger partial charge on any atom is -0.457 e. The second-order valence-corrected chi connectivity index (χ2v) is 17.8. The molecule has 1 unspecified atom stereocenters. The van der Waals surface area contributed by atoms with E-state index >= 15 is 0 Å². The molecule has 0 radical (unpaired) electrons. The number of hydrogen-bond acceptors (Lipinski definition) is 11. The predicted molar refractivity (Wildman–Crippen MR) is 211 cm³/mol. The van der Waals surface area contributed by atoms with Crippen molar-refractivity contribution in [2.75, 3.05) is 28.6 Å². The number of urea groups is 1. The summed E-state index contributed by atoms with van der Waals surface area (Å²) in [4.78, 5) is 40.9. The average molecular weight is 774 g/mol. The van der Waals surface area contributed by atoms with Gasteiger partial charge in [0.05, 0.1) is 29.0 Å². The summed E-state index contributed by atoms with van der Waals surface area (Å²) in [5.41, 5.74) is 2.35. The van der Waals surface area contributed by atoms with Gasteiger partial charge in [-0.05, 0) is 102 Å². The lowest BCUT2D eigenvalue weighted by atomic mass is 9.92. The molecule has 0 saturated carbocycles. The molecule has 14 heteroatoms. The zero-order valence-electron chi connectivity index (χ0n) is 34.0. The van der Waals surface area contributed by atoms with Crippen LogP contribution in [0.25, 0.3) is 0 Å². The summed E-state index contributed by atoms with van der Waals surface area (Å²) in [6.45, 7) is 23.4. The van der Waals surface area contributed by atoms with Crippen LogP contribution in [0.3, 0.4) is 0 Å². The summed E-state index contributed by atoms with van der Waals surface area (Å²) in [7, 11) is -4.14. The van der Waals surface area contributed by atoms with Crippen molar-refractivity contribution in [1.82, 2.24) is 0 Å². The highest BCUT2D eigenvalue weighted by molar-refractivity contribution is 7.48. The number of nitrogens with one attached hydrogen (secondary N) is 2. The third-order valence-corrected chi connectivity index (χ3v) is 9.67. The average Bonchev–Trinajstić information content (AvgIpc) is 3.39. The van der Waals surface area contributed by atoms with Crippen molar-refractivity contribution in [3.63, 3.8) is 0 Å². The fourth-order valence-corrected chi connectivity index (χ4v) is 7.36. The standard InChI is InChI=1S/C40H60N3O10P/c1-13-29(21-36(44)48-24-34-35(51-38(46)50-34)25-49-54(47,52-39(7,8)9)53-40(10,11)12)30-16-19-33(43(22-26(2)3)23-27(4)5)32(20-30)42-37(45)41-31-17-14-28(6)15-18-31/h14-20,26-27,29H,13,21-25H2,1-12H3,(H2,41,42,45). The first-order valence-electron chi connectivity index (χ1n) is 18.5. The summed E-state index contributed by atoms with van der Waals surface area (Å²) in [6.07, 6.45) is 0.608. The zero-order chi connectivity index (χ0) is 40.4. The minimum absolute atomic E-state index is 0.00845. The monoisotopic (exact) mass is 773 g/mol. The molecule has 2 aromatic carbocycles. The first-order chi connectivity index (χ1) is 25.0. The van der Waals surface area contributed by atoms with Crippen molar-refractivity contribution in [3.05, 3.63) is 75.7 Å². The first-order valence-corrected chi connectivity index (χ1v) is 20.0. The van der Waals surface area contributed by atoms with Crippen molar-refractivity contribution < 1.29 is 41.3 Å². The molecule has 1 aromatic heterocycles. The van der Waals surface area contributed by atoms with Crippen molar-refractivity contribution in [2.24, 2.45) is 11.8 Å². The number of anilines is 3. The van der Waals surface area contributed by atoms with Gasteiger partial charge < -0.3 is 29.1 Å². The lowest BCUT2D eigenvalue weighted by Gasteiger charge is -2.31. The molecule has 0 aliphatic rings. The van der Waals surface area contributed by atoms with Gasteiger partial charge in [0.25, 0.3) is 0 Å². The van der Waals surface area contributed by atoms with E-state index in [1.165, 1.54) is 0 Å². The van der Waals surface area contributed by atoms with E-state index in [2.05, 4.69) is 43.2 Å². The van der Waals surface area contributed by atoms with Crippen LogP contribution < -0.4 is 21.4 Å². The molecule has 1 heterocycles. The Labute approximate surface area is 320 Å². The van der Waals surface area contributed by atoms with Gasteiger partial charge in [0.2, 0.25) is 0 Å². The third-order valence-electron chi connectivity index (χ3n) is 7.68. The number of benzene rings is 2. The molecule has 0 aliphatic carbocycles. The van der Waals surface area contributed by atoms with E-state index in [-0.39, 0.29) is 29.9 Å². The number of aryl methyl sites for hydroxylation is 1. The Hall–Kier alpha value is -3.90. The van der Waals surface area contributed by atoms with Crippen LogP contribution in [0.2, 0.25) is 0 Å². The second-order valence-electron chi connectivity index (χ2n) is 16.3.